The molecule has 1 saturated heterocycles. The minimum absolute atomic E-state index is 0.107. The third-order valence-electron chi connectivity index (χ3n) is 4.92. The Labute approximate surface area is 164 Å². The molecular formula is C21H26N2O3S. The highest BCUT2D eigenvalue weighted by atomic mass is 32.1. The second kappa shape index (κ2) is 9.26. The summed E-state index contributed by atoms with van der Waals surface area (Å²) < 4.78 is 5.44. The van der Waals surface area contributed by atoms with Crippen LogP contribution in [-0.2, 0) is 4.74 Å². The van der Waals surface area contributed by atoms with Gasteiger partial charge < -0.3 is 10.1 Å². The maximum atomic E-state index is 12.8. The molecule has 1 atom stereocenters. The molecule has 5 nitrogen and oxygen atoms in total. The first-order valence-corrected chi connectivity index (χ1v) is 10.2. The van der Waals surface area contributed by atoms with Crippen LogP contribution in [0.1, 0.15) is 39.4 Å². The van der Waals surface area contributed by atoms with Gasteiger partial charge in [-0.2, -0.15) is 0 Å². The number of rotatable bonds is 7. The molecule has 0 bridgehead atoms. The first-order chi connectivity index (χ1) is 13.1. The van der Waals surface area contributed by atoms with Crippen molar-refractivity contribution in [2.75, 3.05) is 32.8 Å². The zero-order chi connectivity index (χ0) is 19.2. The average Bonchev–Trinajstić information content (AvgIpc) is 3.23. The summed E-state index contributed by atoms with van der Waals surface area (Å²) in [5.74, 6) is 0.102. The van der Waals surface area contributed by atoms with Gasteiger partial charge in [0.1, 0.15) is 0 Å². The molecule has 27 heavy (non-hydrogen) atoms. The van der Waals surface area contributed by atoms with Gasteiger partial charge in [-0.15, -0.1) is 11.3 Å². The summed E-state index contributed by atoms with van der Waals surface area (Å²) in [7, 11) is 0. The van der Waals surface area contributed by atoms with Crippen molar-refractivity contribution in [1.29, 1.82) is 0 Å². The monoisotopic (exact) mass is 386 g/mol. The van der Waals surface area contributed by atoms with Crippen LogP contribution in [0.15, 0.2) is 41.8 Å². The lowest BCUT2D eigenvalue weighted by atomic mass is 10.00. The predicted octanol–water partition coefficient (Wildman–Crippen LogP) is 3.07. The molecule has 1 aromatic heterocycles. The fourth-order valence-electron chi connectivity index (χ4n) is 3.41. The Morgan fingerprint density at radius 3 is 2.44 bits per heavy atom. The van der Waals surface area contributed by atoms with E-state index in [1.165, 1.54) is 11.3 Å². The number of nitrogens with zero attached hydrogens (tertiary/aromatic N) is 1. The van der Waals surface area contributed by atoms with Gasteiger partial charge in [0, 0.05) is 31.2 Å². The highest BCUT2D eigenvalue weighted by Gasteiger charge is 2.25. The van der Waals surface area contributed by atoms with E-state index in [0.29, 0.717) is 28.5 Å². The van der Waals surface area contributed by atoms with Crippen LogP contribution in [0.5, 0.6) is 0 Å². The van der Waals surface area contributed by atoms with E-state index in [1.54, 1.807) is 30.3 Å². The molecule has 0 spiro atoms. The lowest BCUT2D eigenvalue weighted by Crippen LogP contribution is -2.51. The van der Waals surface area contributed by atoms with Gasteiger partial charge in [-0.1, -0.05) is 38.1 Å². The van der Waals surface area contributed by atoms with E-state index in [1.807, 2.05) is 11.4 Å². The smallest absolute Gasteiger partial charge is 0.252 e. The summed E-state index contributed by atoms with van der Waals surface area (Å²) in [5.41, 5.74) is 0.880. The molecular weight excluding hydrogens is 360 g/mol. The summed E-state index contributed by atoms with van der Waals surface area (Å²) in [4.78, 5) is 28.6. The molecule has 0 radical (unpaired) electrons. The molecule has 1 aliphatic heterocycles. The first kappa shape index (κ1) is 19.7. The number of nitrogens with one attached hydrogen (secondary N) is 1. The molecule has 1 N–H and O–H groups in total. The van der Waals surface area contributed by atoms with E-state index < -0.39 is 0 Å². The van der Waals surface area contributed by atoms with Crippen LogP contribution >= 0.6 is 11.3 Å². The fourth-order valence-corrected chi connectivity index (χ4v) is 4.09. The molecule has 1 aromatic carbocycles. The van der Waals surface area contributed by atoms with Crippen molar-refractivity contribution in [3.05, 3.63) is 57.8 Å². The number of thiophene rings is 1. The van der Waals surface area contributed by atoms with E-state index in [4.69, 9.17) is 4.74 Å². The van der Waals surface area contributed by atoms with Crippen LogP contribution < -0.4 is 5.32 Å². The van der Waals surface area contributed by atoms with Gasteiger partial charge in [-0.25, -0.2) is 0 Å². The van der Waals surface area contributed by atoms with Gasteiger partial charge in [0.05, 0.1) is 23.7 Å². The first-order valence-electron chi connectivity index (χ1n) is 9.35. The molecule has 6 heteroatoms. The van der Waals surface area contributed by atoms with Crippen molar-refractivity contribution < 1.29 is 14.3 Å². The molecule has 1 unspecified atom stereocenters. The van der Waals surface area contributed by atoms with Crippen LogP contribution in [0, 0.1) is 5.92 Å². The molecule has 1 fully saturated rings. The summed E-state index contributed by atoms with van der Waals surface area (Å²) in [6.07, 6.45) is 0. The Bertz CT molecular complexity index is 767. The summed E-state index contributed by atoms with van der Waals surface area (Å²) in [6.45, 7) is 8.11. The van der Waals surface area contributed by atoms with Crippen molar-refractivity contribution in [2.24, 2.45) is 5.92 Å². The molecule has 1 aliphatic rings. The maximum Gasteiger partial charge on any atom is 0.252 e. The number of carbonyl (C=O) groups excluding carboxylic acids is 2. The lowest BCUT2D eigenvalue weighted by Gasteiger charge is -2.37. The van der Waals surface area contributed by atoms with E-state index in [2.05, 4.69) is 24.1 Å². The van der Waals surface area contributed by atoms with E-state index in [0.717, 1.165) is 26.3 Å². The van der Waals surface area contributed by atoms with Crippen LogP contribution in [-0.4, -0.2) is 55.5 Å². The molecule has 144 valence electrons. The van der Waals surface area contributed by atoms with E-state index >= 15 is 0 Å². The number of morpholine rings is 1. The largest absolute Gasteiger partial charge is 0.379 e. The Morgan fingerprint density at radius 2 is 1.81 bits per heavy atom. The quantitative estimate of drug-likeness (QED) is 0.743. The highest BCUT2D eigenvalue weighted by Crippen LogP contribution is 2.19. The van der Waals surface area contributed by atoms with Crippen molar-refractivity contribution >= 4 is 23.0 Å². The van der Waals surface area contributed by atoms with Crippen molar-refractivity contribution in [3.63, 3.8) is 0 Å². The fraction of sp³-hybridized carbons (Fsp3) is 0.429. The minimum atomic E-state index is -0.200. The van der Waals surface area contributed by atoms with Crippen molar-refractivity contribution in [2.45, 2.75) is 19.9 Å². The van der Waals surface area contributed by atoms with Crippen LogP contribution in [0.3, 0.4) is 0 Å². The number of amides is 1. The molecule has 1 amide bonds. The zero-order valence-electron chi connectivity index (χ0n) is 15.8. The third kappa shape index (κ3) is 4.83. The van der Waals surface area contributed by atoms with E-state index in [9.17, 15) is 9.59 Å². The number of ketones is 1. The Balaban J connectivity index is 1.71. The van der Waals surface area contributed by atoms with Gasteiger partial charge in [-0.05, 0) is 23.4 Å². The molecule has 2 heterocycles. The Hall–Kier alpha value is -2.02. The number of carbonyl (C=O) groups is 2. The lowest BCUT2D eigenvalue weighted by molar-refractivity contribution is 0.00672. The second-order valence-corrected chi connectivity index (χ2v) is 7.97. The topological polar surface area (TPSA) is 58.6 Å². The predicted molar refractivity (Wildman–Crippen MR) is 108 cm³/mol. The molecule has 0 saturated carbocycles. The van der Waals surface area contributed by atoms with Gasteiger partial charge in [0.15, 0.2) is 0 Å². The summed E-state index contributed by atoms with van der Waals surface area (Å²) >= 11 is 1.39. The summed E-state index contributed by atoms with van der Waals surface area (Å²) in [6, 6.07) is 10.9. The standard InChI is InChI=1S/C21H26N2O3S/c1-15(2)18(23-9-11-26-12-10-23)14-22-21(25)17-7-4-3-6-16(17)20(24)19-8-5-13-27-19/h3-8,13,15,18H,9-12,14H2,1-2H3,(H,22,25). The Kier molecular flexibility index (Phi) is 6.77. The van der Waals surface area contributed by atoms with Crippen LogP contribution in [0.4, 0.5) is 0 Å². The average molecular weight is 387 g/mol. The van der Waals surface area contributed by atoms with Gasteiger partial charge in [0.25, 0.3) is 5.91 Å². The SMILES string of the molecule is CC(C)C(CNC(=O)c1ccccc1C(=O)c1cccs1)N1CCOCC1. The zero-order valence-corrected chi connectivity index (χ0v) is 16.6. The third-order valence-corrected chi connectivity index (χ3v) is 5.79. The number of hydrogen-bond acceptors (Lipinski definition) is 5. The van der Waals surface area contributed by atoms with Gasteiger partial charge in [-0.3, -0.25) is 14.5 Å². The highest BCUT2D eigenvalue weighted by molar-refractivity contribution is 7.12. The maximum absolute atomic E-state index is 12.8. The summed E-state index contributed by atoms with van der Waals surface area (Å²) in [5, 5.41) is 4.91. The molecule has 3 rings (SSSR count). The minimum Gasteiger partial charge on any atom is -0.379 e. The van der Waals surface area contributed by atoms with E-state index in [-0.39, 0.29) is 17.7 Å². The number of hydrogen-bond donors (Lipinski definition) is 1. The van der Waals surface area contributed by atoms with Crippen LogP contribution in [0.2, 0.25) is 0 Å². The van der Waals surface area contributed by atoms with Crippen molar-refractivity contribution in [1.82, 2.24) is 10.2 Å². The number of benzene rings is 1. The number of ether oxygens (including phenoxy) is 1. The van der Waals surface area contributed by atoms with Gasteiger partial charge in [0.2, 0.25) is 5.78 Å². The molecule has 0 aliphatic carbocycles. The second-order valence-electron chi connectivity index (χ2n) is 7.02. The Morgan fingerprint density at radius 1 is 1.11 bits per heavy atom. The molecule has 2 aromatic rings. The van der Waals surface area contributed by atoms with Gasteiger partial charge >= 0.3 is 0 Å². The normalized spacial score (nSPS) is 16.3. The van der Waals surface area contributed by atoms with Crippen LogP contribution in [0.25, 0.3) is 0 Å². The van der Waals surface area contributed by atoms with Crippen molar-refractivity contribution in [3.8, 4) is 0 Å².